The molecular weight excluding hydrogens is 438 g/mol. The molecule has 1 heterocycles. The second-order valence-corrected chi connectivity index (χ2v) is 9.55. The van der Waals surface area contributed by atoms with E-state index >= 15 is 0 Å². The summed E-state index contributed by atoms with van der Waals surface area (Å²) < 4.78 is 0. The van der Waals surface area contributed by atoms with E-state index in [1.807, 2.05) is 30.5 Å². The van der Waals surface area contributed by atoms with Crippen LogP contribution in [0.1, 0.15) is 54.8 Å². The Morgan fingerprint density at radius 3 is 2.61 bits per heavy atom. The number of rotatable bonds is 11. The van der Waals surface area contributed by atoms with Crippen molar-refractivity contribution in [3.63, 3.8) is 0 Å². The van der Waals surface area contributed by atoms with Gasteiger partial charge < -0.3 is 25.8 Å². The average Bonchev–Trinajstić information content (AvgIpc) is 3.19. The van der Waals surface area contributed by atoms with Crippen LogP contribution in [0.3, 0.4) is 0 Å². The third-order valence-electron chi connectivity index (χ3n) is 5.78. The fourth-order valence-corrected chi connectivity index (χ4v) is 4.33. The molecule has 178 valence electrons. The molecule has 5 N–H and O–H groups in total. The Morgan fingerprint density at radius 1 is 1.15 bits per heavy atom. The van der Waals surface area contributed by atoms with E-state index in [0.29, 0.717) is 23.0 Å². The Hall–Kier alpha value is -2.38. The number of aromatic amines is 1. The number of aliphatic hydroxyl groups excluding tert-OH is 2. The first-order chi connectivity index (χ1) is 15.8. The number of nitrogens with one attached hydrogen (secondary N) is 3. The Bertz CT molecular complexity index is 1070. The van der Waals surface area contributed by atoms with Crippen LogP contribution in [0.25, 0.3) is 10.9 Å². The highest BCUT2D eigenvalue weighted by molar-refractivity contribution is 6.30. The van der Waals surface area contributed by atoms with Gasteiger partial charge in [-0.2, -0.15) is 0 Å². The van der Waals surface area contributed by atoms with Gasteiger partial charge in [0.2, 0.25) is 0 Å². The zero-order chi connectivity index (χ0) is 24.0. The van der Waals surface area contributed by atoms with E-state index in [0.717, 1.165) is 34.9 Å². The molecule has 7 heteroatoms. The molecule has 0 fully saturated rings. The molecule has 0 unspecified atom stereocenters. The number of carbonyl (C=O) groups is 1. The van der Waals surface area contributed by atoms with Crippen LogP contribution in [0.2, 0.25) is 5.02 Å². The quantitative estimate of drug-likeness (QED) is 0.289. The maximum absolute atomic E-state index is 12.9. The number of fused-ring (bicyclic) bond motifs is 1. The zero-order valence-corrected chi connectivity index (χ0v) is 20.2. The third-order valence-corrected chi connectivity index (χ3v) is 6.01. The summed E-state index contributed by atoms with van der Waals surface area (Å²) in [5.41, 5.74) is 3.23. The molecule has 6 nitrogen and oxygen atoms in total. The van der Waals surface area contributed by atoms with Crippen molar-refractivity contribution >= 4 is 28.4 Å². The Labute approximate surface area is 200 Å². The number of aromatic nitrogens is 1. The van der Waals surface area contributed by atoms with Crippen molar-refractivity contribution in [3.05, 3.63) is 70.4 Å². The summed E-state index contributed by atoms with van der Waals surface area (Å²) in [6, 6.07) is 12.8. The molecular formula is C26H34ClN3O3. The Kier molecular flexibility index (Phi) is 8.92. The standard InChI is InChI=1S/C26H34ClN3O3/c1-16(2)10-21(15-31)30-26(33)23-9-5-8-22-19(13-29-25(22)23)11-17(3)28-14-24(32)18-6-4-7-20(27)12-18/h4-9,12-13,16-17,21,24,28-29,31-32H,10-11,14-15H2,1-3H3,(H,30,33)/t17-,21+,24+/m1/s1. The van der Waals surface area contributed by atoms with Gasteiger partial charge in [0.05, 0.1) is 29.8 Å². The van der Waals surface area contributed by atoms with Crippen LogP contribution in [-0.2, 0) is 6.42 Å². The lowest BCUT2D eigenvalue weighted by Crippen LogP contribution is -2.38. The summed E-state index contributed by atoms with van der Waals surface area (Å²) in [7, 11) is 0. The number of aliphatic hydroxyl groups is 2. The number of amides is 1. The molecule has 0 saturated heterocycles. The van der Waals surface area contributed by atoms with E-state index in [4.69, 9.17) is 11.6 Å². The molecule has 33 heavy (non-hydrogen) atoms. The van der Waals surface area contributed by atoms with Crippen LogP contribution in [0.4, 0.5) is 0 Å². The molecule has 0 bridgehead atoms. The molecule has 3 aromatic rings. The fraction of sp³-hybridized carbons (Fsp3) is 0.423. The van der Waals surface area contributed by atoms with Crippen LogP contribution in [0, 0.1) is 5.92 Å². The highest BCUT2D eigenvalue weighted by Crippen LogP contribution is 2.24. The number of benzene rings is 2. The predicted octanol–water partition coefficient (Wildman–Crippen LogP) is 4.21. The monoisotopic (exact) mass is 471 g/mol. The fourth-order valence-electron chi connectivity index (χ4n) is 4.13. The van der Waals surface area contributed by atoms with Crippen molar-refractivity contribution in [2.75, 3.05) is 13.2 Å². The molecule has 3 rings (SSSR count). The molecule has 0 spiro atoms. The second-order valence-electron chi connectivity index (χ2n) is 9.11. The molecule has 0 aliphatic heterocycles. The minimum Gasteiger partial charge on any atom is -0.394 e. The Morgan fingerprint density at radius 2 is 1.91 bits per heavy atom. The largest absolute Gasteiger partial charge is 0.394 e. The van der Waals surface area contributed by atoms with Crippen molar-refractivity contribution < 1.29 is 15.0 Å². The lowest BCUT2D eigenvalue weighted by molar-refractivity contribution is 0.0910. The minimum atomic E-state index is -0.644. The molecule has 0 saturated carbocycles. The van der Waals surface area contributed by atoms with Crippen LogP contribution < -0.4 is 10.6 Å². The molecule has 3 atom stereocenters. The van der Waals surface area contributed by atoms with E-state index in [-0.39, 0.29) is 24.6 Å². The molecule has 1 aromatic heterocycles. The molecule has 0 aliphatic rings. The van der Waals surface area contributed by atoms with Crippen LogP contribution >= 0.6 is 11.6 Å². The van der Waals surface area contributed by atoms with Gasteiger partial charge in [-0.05, 0) is 55.0 Å². The van der Waals surface area contributed by atoms with Crippen molar-refractivity contribution in [2.45, 2.75) is 51.8 Å². The first-order valence-corrected chi connectivity index (χ1v) is 11.8. The summed E-state index contributed by atoms with van der Waals surface area (Å²) in [5, 5.41) is 28.0. The van der Waals surface area contributed by atoms with Gasteiger partial charge in [0.15, 0.2) is 0 Å². The van der Waals surface area contributed by atoms with E-state index in [2.05, 4.69) is 36.4 Å². The van der Waals surface area contributed by atoms with E-state index in [1.54, 1.807) is 18.2 Å². The number of hydrogen-bond acceptors (Lipinski definition) is 4. The molecule has 1 amide bonds. The Balaban J connectivity index is 1.65. The number of carbonyl (C=O) groups excluding carboxylic acids is 1. The highest BCUT2D eigenvalue weighted by atomic mass is 35.5. The van der Waals surface area contributed by atoms with Gasteiger partial charge in [0, 0.05) is 29.2 Å². The van der Waals surface area contributed by atoms with Gasteiger partial charge in [0.25, 0.3) is 5.91 Å². The maximum Gasteiger partial charge on any atom is 0.253 e. The lowest BCUT2D eigenvalue weighted by atomic mass is 10.0. The van der Waals surface area contributed by atoms with E-state index in [1.165, 1.54) is 0 Å². The number of hydrogen-bond donors (Lipinski definition) is 5. The van der Waals surface area contributed by atoms with Crippen molar-refractivity contribution in [3.8, 4) is 0 Å². The van der Waals surface area contributed by atoms with E-state index < -0.39 is 6.10 Å². The van der Waals surface area contributed by atoms with Crippen molar-refractivity contribution in [1.82, 2.24) is 15.6 Å². The molecule has 0 aliphatic carbocycles. The van der Waals surface area contributed by atoms with Crippen molar-refractivity contribution in [1.29, 1.82) is 0 Å². The molecule has 0 radical (unpaired) electrons. The van der Waals surface area contributed by atoms with Gasteiger partial charge in [-0.1, -0.05) is 49.7 Å². The van der Waals surface area contributed by atoms with Crippen molar-refractivity contribution in [2.24, 2.45) is 5.92 Å². The summed E-state index contributed by atoms with van der Waals surface area (Å²) in [4.78, 5) is 16.1. The van der Waals surface area contributed by atoms with Gasteiger partial charge in [0.1, 0.15) is 0 Å². The van der Waals surface area contributed by atoms with Gasteiger partial charge >= 0.3 is 0 Å². The topological polar surface area (TPSA) is 97.4 Å². The summed E-state index contributed by atoms with van der Waals surface area (Å²) in [5.74, 6) is 0.186. The predicted molar refractivity (Wildman–Crippen MR) is 134 cm³/mol. The van der Waals surface area contributed by atoms with Crippen LogP contribution in [0.5, 0.6) is 0 Å². The molecule has 2 aromatic carbocycles. The zero-order valence-electron chi connectivity index (χ0n) is 19.4. The number of para-hydroxylation sites is 1. The first-order valence-electron chi connectivity index (χ1n) is 11.5. The number of halogens is 1. The summed E-state index contributed by atoms with van der Waals surface area (Å²) >= 11 is 6.02. The smallest absolute Gasteiger partial charge is 0.253 e. The van der Waals surface area contributed by atoms with Gasteiger partial charge in [-0.25, -0.2) is 0 Å². The van der Waals surface area contributed by atoms with Crippen LogP contribution in [-0.4, -0.2) is 46.3 Å². The minimum absolute atomic E-state index is 0.0832. The SMILES string of the molecule is CC(C)C[C@@H](CO)NC(=O)c1cccc2c(C[C@@H](C)NC[C@H](O)c3cccc(Cl)c3)c[nH]c12. The van der Waals surface area contributed by atoms with Gasteiger partial charge in [-0.15, -0.1) is 0 Å². The lowest BCUT2D eigenvalue weighted by Gasteiger charge is -2.18. The number of H-pyrrole nitrogens is 1. The highest BCUT2D eigenvalue weighted by Gasteiger charge is 2.19. The van der Waals surface area contributed by atoms with E-state index in [9.17, 15) is 15.0 Å². The van der Waals surface area contributed by atoms with Crippen LogP contribution in [0.15, 0.2) is 48.7 Å². The summed E-state index contributed by atoms with van der Waals surface area (Å²) in [6.45, 7) is 6.53. The normalized spacial score (nSPS) is 14.4. The van der Waals surface area contributed by atoms with Gasteiger partial charge in [-0.3, -0.25) is 4.79 Å². The summed E-state index contributed by atoms with van der Waals surface area (Å²) in [6.07, 6.45) is 2.75. The average molecular weight is 472 g/mol. The first kappa shape index (κ1) is 25.2. The third kappa shape index (κ3) is 6.81. The second kappa shape index (κ2) is 11.7. The maximum atomic E-state index is 12.9.